The van der Waals surface area contributed by atoms with Crippen LogP contribution in [0.1, 0.15) is 21.5 Å². The standard InChI is InChI=1S/C29H21Cl2NO6/c1-37-24(33)15-22(29(36)38-2)25(27(34)18-8-10-19(30)11-9-18)26-21-14-20(31)12-13-23(21)32(28(26)35)16-17-6-4-3-5-7-17/h3-15H,16H2,1-2H3/b22-15+,26-25+. The van der Waals surface area contributed by atoms with Crippen molar-refractivity contribution in [2.75, 3.05) is 19.1 Å². The number of fused-ring (bicyclic) bond motifs is 1. The summed E-state index contributed by atoms with van der Waals surface area (Å²) in [7, 11) is 2.23. The van der Waals surface area contributed by atoms with Crippen molar-refractivity contribution in [2.24, 2.45) is 0 Å². The monoisotopic (exact) mass is 549 g/mol. The van der Waals surface area contributed by atoms with E-state index in [2.05, 4.69) is 0 Å². The summed E-state index contributed by atoms with van der Waals surface area (Å²) in [5.74, 6) is -3.16. The zero-order valence-corrected chi connectivity index (χ0v) is 21.9. The van der Waals surface area contributed by atoms with Crippen LogP contribution in [-0.4, -0.2) is 37.8 Å². The third-order valence-electron chi connectivity index (χ3n) is 5.88. The number of carbonyl (C=O) groups excluding carboxylic acids is 4. The molecule has 4 rings (SSSR count). The van der Waals surface area contributed by atoms with Gasteiger partial charge in [-0.2, -0.15) is 0 Å². The third-order valence-corrected chi connectivity index (χ3v) is 6.37. The van der Waals surface area contributed by atoms with Gasteiger partial charge in [-0.3, -0.25) is 9.59 Å². The summed E-state index contributed by atoms with van der Waals surface area (Å²) < 4.78 is 9.61. The normalized spacial score (nSPS) is 14.2. The minimum atomic E-state index is -1.00. The highest BCUT2D eigenvalue weighted by Gasteiger charge is 2.39. The molecule has 0 atom stereocenters. The molecular formula is C29H21Cl2NO6. The van der Waals surface area contributed by atoms with Crippen molar-refractivity contribution in [3.8, 4) is 0 Å². The van der Waals surface area contributed by atoms with Crippen molar-refractivity contribution in [1.82, 2.24) is 0 Å². The summed E-state index contributed by atoms with van der Waals surface area (Å²) in [6.45, 7) is 0.189. The maximum atomic E-state index is 14.0. The van der Waals surface area contributed by atoms with E-state index in [0.717, 1.165) is 25.9 Å². The molecule has 0 bridgehead atoms. The maximum Gasteiger partial charge on any atom is 0.338 e. The van der Waals surface area contributed by atoms with Gasteiger partial charge >= 0.3 is 11.9 Å². The number of benzene rings is 3. The second-order valence-corrected chi connectivity index (χ2v) is 9.07. The van der Waals surface area contributed by atoms with Gasteiger partial charge in [0.1, 0.15) is 0 Å². The van der Waals surface area contributed by atoms with Gasteiger partial charge in [0.25, 0.3) is 5.91 Å². The number of nitrogens with zero attached hydrogens (tertiary/aromatic N) is 1. The number of anilines is 1. The number of hydrogen-bond acceptors (Lipinski definition) is 6. The number of amides is 1. The van der Waals surface area contributed by atoms with Gasteiger partial charge in [0, 0.05) is 27.2 Å². The van der Waals surface area contributed by atoms with Crippen LogP contribution in [0.4, 0.5) is 5.69 Å². The lowest BCUT2D eigenvalue weighted by Gasteiger charge is -2.18. The second-order valence-electron chi connectivity index (χ2n) is 8.20. The molecule has 1 heterocycles. The van der Waals surface area contributed by atoms with Gasteiger partial charge in [-0.15, -0.1) is 0 Å². The Bertz CT molecular complexity index is 1490. The lowest BCUT2D eigenvalue weighted by Crippen LogP contribution is -2.27. The van der Waals surface area contributed by atoms with Gasteiger partial charge in [-0.1, -0.05) is 53.5 Å². The Balaban J connectivity index is 2.03. The minimum Gasteiger partial charge on any atom is -0.466 e. The molecule has 0 fully saturated rings. The molecule has 38 heavy (non-hydrogen) atoms. The van der Waals surface area contributed by atoms with Crippen LogP contribution < -0.4 is 4.90 Å². The molecule has 3 aromatic carbocycles. The fourth-order valence-electron chi connectivity index (χ4n) is 4.10. The van der Waals surface area contributed by atoms with E-state index in [-0.39, 0.29) is 23.3 Å². The molecule has 0 radical (unpaired) electrons. The molecule has 0 spiro atoms. The largest absolute Gasteiger partial charge is 0.466 e. The highest BCUT2D eigenvalue weighted by atomic mass is 35.5. The molecule has 0 N–H and O–H groups in total. The molecule has 0 saturated heterocycles. The molecule has 192 valence electrons. The minimum absolute atomic E-state index is 0.0982. The molecule has 7 nitrogen and oxygen atoms in total. The fourth-order valence-corrected chi connectivity index (χ4v) is 4.40. The predicted octanol–water partition coefficient (Wildman–Crippen LogP) is 5.45. The summed E-state index contributed by atoms with van der Waals surface area (Å²) in [6.07, 6.45) is 0.833. The molecular weight excluding hydrogens is 529 g/mol. The summed E-state index contributed by atoms with van der Waals surface area (Å²) in [4.78, 5) is 54.7. The molecule has 3 aromatic rings. The average molecular weight is 550 g/mol. The number of esters is 2. The van der Waals surface area contributed by atoms with Crippen molar-refractivity contribution in [3.05, 3.63) is 117 Å². The Labute approximate surface area is 228 Å². The molecule has 0 aromatic heterocycles. The summed E-state index contributed by atoms with van der Waals surface area (Å²) >= 11 is 12.3. The molecule has 1 aliphatic heterocycles. The molecule has 1 aliphatic rings. The first-order valence-electron chi connectivity index (χ1n) is 11.3. The van der Waals surface area contributed by atoms with Crippen LogP contribution in [0.15, 0.2) is 90.0 Å². The Morgan fingerprint density at radius 1 is 0.868 bits per heavy atom. The first-order chi connectivity index (χ1) is 18.2. The summed E-state index contributed by atoms with van der Waals surface area (Å²) in [6, 6.07) is 20.0. The summed E-state index contributed by atoms with van der Waals surface area (Å²) in [5.41, 5.74) is 0.932. The zero-order chi connectivity index (χ0) is 27.4. The van der Waals surface area contributed by atoms with Gasteiger partial charge < -0.3 is 14.4 Å². The van der Waals surface area contributed by atoms with E-state index < -0.39 is 29.2 Å². The van der Waals surface area contributed by atoms with Crippen LogP contribution in [-0.2, 0) is 30.4 Å². The van der Waals surface area contributed by atoms with E-state index >= 15 is 0 Å². The van der Waals surface area contributed by atoms with Crippen LogP contribution in [0.5, 0.6) is 0 Å². The SMILES string of the molecule is COC(=O)/C=C(C(=O)OC)\C(C(=O)c1ccc(Cl)cc1)=C1/C(=O)N(Cc2ccccc2)c2ccc(Cl)cc21. The number of methoxy groups -OCH3 is 2. The maximum absolute atomic E-state index is 14.0. The number of rotatable bonds is 7. The van der Waals surface area contributed by atoms with Gasteiger partial charge in [0.15, 0.2) is 5.78 Å². The van der Waals surface area contributed by atoms with Crippen molar-refractivity contribution in [2.45, 2.75) is 6.54 Å². The van der Waals surface area contributed by atoms with E-state index in [1.54, 1.807) is 12.1 Å². The fraction of sp³-hybridized carbons (Fsp3) is 0.103. The van der Waals surface area contributed by atoms with Crippen molar-refractivity contribution in [3.63, 3.8) is 0 Å². The van der Waals surface area contributed by atoms with Gasteiger partial charge in [-0.25, -0.2) is 9.59 Å². The molecule has 1 amide bonds. The highest BCUT2D eigenvalue weighted by Crippen LogP contribution is 2.43. The molecule has 0 saturated carbocycles. The lowest BCUT2D eigenvalue weighted by atomic mass is 9.89. The van der Waals surface area contributed by atoms with E-state index in [4.69, 9.17) is 32.7 Å². The Hall–Kier alpha value is -4.20. The van der Waals surface area contributed by atoms with Crippen LogP contribution in [0.25, 0.3) is 5.57 Å². The van der Waals surface area contributed by atoms with Gasteiger partial charge in [-0.05, 0) is 48.0 Å². The van der Waals surface area contributed by atoms with Crippen molar-refractivity contribution >= 4 is 58.1 Å². The third kappa shape index (κ3) is 5.39. The van der Waals surface area contributed by atoms with E-state index in [1.165, 1.54) is 35.2 Å². The zero-order valence-electron chi connectivity index (χ0n) is 20.4. The number of ketones is 1. The lowest BCUT2D eigenvalue weighted by molar-refractivity contribution is -0.138. The van der Waals surface area contributed by atoms with Gasteiger partial charge in [0.2, 0.25) is 0 Å². The quantitative estimate of drug-likeness (QED) is 0.221. The Kier molecular flexibility index (Phi) is 8.10. The van der Waals surface area contributed by atoms with Crippen LogP contribution in [0.3, 0.4) is 0 Å². The van der Waals surface area contributed by atoms with Gasteiger partial charge in [0.05, 0.1) is 43.2 Å². The van der Waals surface area contributed by atoms with E-state index in [9.17, 15) is 19.2 Å². The van der Waals surface area contributed by atoms with E-state index in [1.807, 2.05) is 30.3 Å². The number of Topliss-reactive ketones (excluding diaryl/α,β-unsaturated/α-hetero) is 1. The topological polar surface area (TPSA) is 90.0 Å². The van der Waals surface area contributed by atoms with Crippen LogP contribution in [0.2, 0.25) is 10.0 Å². The summed E-state index contributed by atoms with van der Waals surface area (Å²) in [5, 5.41) is 0.697. The smallest absolute Gasteiger partial charge is 0.338 e. The molecule has 0 aliphatic carbocycles. The molecule has 9 heteroatoms. The van der Waals surface area contributed by atoms with Crippen LogP contribution in [0, 0.1) is 0 Å². The number of carbonyl (C=O) groups is 4. The average Bonchev–Trinajstić information content (AvgIpc) is 3.18. The number of ether oxygens (including phenoxy) is 2. The van der Waals surface area contributed by atoms with Crippen molar-refractivity contribution < 1.29 is 28.7 Å². The van der Waals surface area contributed by atoms with Crippen molar-refractivity contribution in [1.29, 1.82) is 0 Å². The van der Waals surface area contributed by atoms with Crippen LogP contribution >= 0.6 is 23.2 Å². The Morgan fingerprint density at radius 2 is 1.53 bits per heavy atom. The predicted molar refractivity (Wildman–Crippen MR) is 144 cm³/mol. The first kappa shape index (κ1) is 26.9. The number of halogens is 2. The molecule has 0 unspecified atom stereocenters. The first-order valence-corrected chi connectivity index (χ1v) is 12.1. The highest BCUT2D eigenvalue weighted by molar-refractivity contribution is 6.41. The van der Waals surface area contributed by atoms with E-state index in [0.29, 0.717) is 21.3 Å². The Morgan fingerprint density at radius 3 is 2.16 bits per heavy atom. The second kappa shape index (κ2) is 11.5. The number of hydrogen-bond donors (Lipinski definition) is 0.